The van der Waals surface area contributed by atoms with Crippen LogP contribution < -0.4 is 5.32 Å². The fraction of sp³-hybridized carbons (Fsp3) is 0.550. The summed E-state index contributed by atoms with van der Waals surface area (Å²) in [5.74, 6) is -1.09. The predicted octanol–water partition coefficient (Wildman–Crippen LogP) is 3.40. The van der Waals surface area contributed by atoms with Gasteiger partial charge in [-0.3, -0.25) is 4.90 Å². The Morgan fingerprint density at radius 2 is 1.79 bits per heavy atom. The Bertz CT molecular complexity index is 642. The number of carbonyl (C=O) groups excluding carboxylic acids is 2. The minimum absolute atomic E-state index is 0.189. The summed E-state index contributed by atoms with van der Waals surface area (Å²) in [6.45, 7) is 5.70. The molecule has 1 aromatic carbocycles. The van der Waals surface area contributed by atoms with E-state index in [1.165, 1.54) is 7.05 Å². The average molecular weight is 394 g/mol. The van der Waals surface area contributed by atoms with Crippen molar-refractivity contribution in [3.05, 3.63) is 35.9 Å². The average Bonchev–Trinajstić information content (AvgIpc) is 2.61. The number of rotatable bonds is 9. The molecule has 0 saturated heterocycles. The van der Waals surface area contributed by atoms with Gasteiger partial charge in [0.15, 0.2) is 0 Å². The fourth-order valence-corrected chi connectivity index (χ4v) is 2.37. The maximum Gasteiger partial charge on any atom is 0.410 e. The van der Waals surface area contributed by atoms with Gasteiger partial charge in [0, 0.05) is 13.6 Å². The quantitative estimate of drug-likeness (QED) is 0.622. The lowest BCUT2D eigenvalue weighted by Gasteiger charge is -2.28. The number of aliphatic carboxylic acids is 1. The summed E-state index contributed by atoms with van der Waals surface area (Å²) in [6.07, 6.45) is 0.133. The zero-order valence-electron chi connectivity index (χ0n) is 16.9. The van der Waals surface area contributed by atoms with E-state index in [1.54, 1.807) is 20.8 Å². The number of amides is 2. The third-order valence-electron chi connectivity index (χ3n) is 3.82. The molecular weight excluding hydrogens is 364 g/mol. The minimum atomic E-state index is -1.09. The molecule has 0 spiro atoms. The zero-order chi connectivity index (χ0) is 21.2. The van der Waals surface area contributed by atoms with Crippen molar-refractivity contribution in [1.29, 1.82) is 0 Å². The summed E-state index contributed by atoms with van der Waals surface area (Å²) in [7, 11) is 1.41. The summed E-state index contributed by atoms with van der Waals surface area (Å²) < 4.78 is 10.3. The number of hydrogen-bond donors (Lipinski definition) is 2. The summed E-state index contributed by atoms with van der Waals surface area (Å²) in [4.78, 5) is 36.2. The van der Waals surface area contributed by atoms with E-state index >= 15 is 0 Å². The molecule has 8 heteroatoms. The number of nitrogens with one attached hydrogen (secondary N) is 1. The summed E-state index contributed by atoms with van der Waals surface area (Å²) in [5, 5.41) is 12.0. The highest BCUT2D eigenvalue weighted by molar-refractivity contribution is 5.79. The van der Waals surface area contributed by atoms with Gasteiger partial charge in [-0.2, -0.15) is 0 Å². The lowest BCUT2D eigenvalue weighted by molar-refractivity contribution is -0.143. The maximum atomic E-state index is 12.0. The van der Waals surface area contributed by atoms with E-state index in [1.807, 2.05) is 30.3 Å². The van der Waals surface area contributed by atoms with Gasteiger partial charge >= 0.3 is 18.2 Å². The number of unbranched alkanes of at least 4 members (excludes halogenated alkanes) is 1. The van der Waals surface area contributed by atoms with Crippen molar-refractivity contribution in [2.45, 2.75) is 58.3 Å². The number of alkyl carbamates (subject to hydrolysis) is 1. The molecule has 1 atom stereocenters. The molecule has 156 valence electrons. The fourth-order valence-electron chi connectivity index (χ4n) is 2.37. The van der Waals surface area contributed by atoms with Crippen molar-refractivity contribution in [2.75, 3.05) is 13.6 Å². The second kappa shape index (κ2) is 11.2. The van der Waals surface area contributed by atoms with Crippen LogP contribution in [0, 0.1) is 0 Å². The molecule has 2 amide bonds. The second-order valence-electron chi connectivity index (χ2n) is 7.43. The molecule has 8 nitrogen and oxygen atoms in total. The first-order valence-corrected chi connectivity index (χ1v) is 9.23. The van der Waals surface area contributed by atoms with Crippen LogP contribution in [0.15, 0.2) is 30.3 Å². The highest BCUT2D eigenvalue weighted by atomic mass is 16.6. The Morgan fingerprint density at radius 3 is 2.36 bits per heavy atom. The Labute approximate surface area is 165 Å². The van der Waals surface area contributed by atoms with E-state index in [4.69, 9.17) is 9.47 Å². The van der Waals surface area contributed by atoms with Crippen LogP contribution in [0.1, 0.15) is 45.6 Å². The van der Waals surface area contributed by atoms with Crippen molar-refractivity contribution in [2.24, 2.45) is 0 Å². The first-order valence-electron chi connectivity index (χ1n) is 9.23. The van der Waals surface area contributed by atoms with Crippen molar-refractivity contribution in [3.8, 4) is 0 Å². The molecule has 0 aromatic heterocycles. The summed E-state index contributed by atoms with van der Waals surface area (Å²) in [6, 6.07) is 8.35. The SMILES string of the molecule is CN(C(=O)OC(C)(C)C)[C@H](CCCCNC(=O)OCc1ccccc1)C(=O)O. The van der Waals surface area contributed by atoms with Crippen LogP contribution in [-0.4, -0.2) is 53.4 Å². The number of nitrogens with zero attached hydrogens (tertiary/aromatic N) is 1. The maximum absolute atomic E-state index is 12.0. The van der Waals surface area contributed by atoms with Crippen LogP contribution in [0.4, 0.5) is 9.59 Å². The molecule has 0 fully saturated rings. The van der Waals surface area contributed by atoms with Gasteiger partial charge < -0.3 is 19.9 Å². The minimum Gasteiger partial charge on any atom is -0.480 e. The molecular formula is C20H30N2O6. The Morgan fingerprint density at radius 1 is 1.14 bits per heavy atom. The number of benzene rings is 1. The van der Waals surface area contributed by atoms with E-state index in [2.05, 4.69) is 5.32 Å². The Balaban J connectivity index is 2.30. The first-order chi connectivity index (χ1) is 13.1. The largest absolute Gasteiger partial charge is 0.480 e. The third-order valence-corrected chi connectivity index (χ3v) is 3.82. The second-order valence-corrected chi connectivity index (χ2v) is 7.43. The van der Waals surface area contributed by atoms with Crippen LogP contribution in [0.3, 0.4) is 0 Å². The number of ether oxygens (including phenoxy) is 2. The van der Waals surface area contributed by atoms with Crippen LogP contribution in [0.25, 0.3) is 0 Å². The molecule has 28 heavy (non-hydrogen) atoms. The first kappa shape index (κ1) is 23.3. The highest BCUT2D eigenvalue weighted by Gasteiger charge is 2.29. The van der Waals surface area contributed by atoms with Crippen LogP contribution in [0.2, 0.25) is 0 Å². The van der Waals surface area contributed by atoms with Crippen molar-refractivity contribution in [1.82, 2.24) is 10.2 Å². The van der Waals surface area contributed by atoms with Gasteiger partial charge in [0.25, 0.3) is 0 Å². The molecule has 0 saturated carbocycles. The van der Waals surface area contributed by atoms with Gasteiger partial charge in [-0.05, 0) is 45.6 Å². The van der Waals surface area contributed by atoms with Gasteiger partial charge in [-0.25, -0.2) is 14.4 Å². The molecule has 0 aliphatic rings. The van der Waals surface area contributed by atoms with Gasteiger partial charge in [-0.15, -0.1) is 0 Å². The van der Waals surface area contributed by atoms with Crippen LogP contribution in [-0.2, 0) is 20.9 Å². The van der Waals surface area contributed by atoms with Crippen LogP contribution >= 0.6 is 0 Å². The van der Waals surface area contributed by atoms with Crippen LogP contribution in [0.5, 0.6) is 0 Å². The Kier molecular flexibility index (Phi) is 9.27. The predicted molar refractivity (Wildman–Crippen MR) is 104 cm³/mol. The molecule has 0 aliphatic carbocycles. The summed E-state index contributed by atoms with van der Waals surface area (Å²) >= 11 is 0. The van der Waals surface area contributed by atoms with Crippen molar-refractivity contribution < 1.29 is 29.0 Å². The molecule has 1 rings (SSSR count). The van der Waals surface area contributed by atoms with E-state index in [0.717, 1.165) is 10.5 Å². The van der Waals surface area contributed by atoms with E-state index in [9.17, 15) is 19.5 Å². The molecule has 0 radical (unpaired) electrons. The molecule has 2 N–H and O–H groups in total. The van der Waals surface area contributed by atoms with Crippen molar-refractivity contribution >= 4 is 18.2 Å². The topological polar surface area (TPSA) is 105 Å². The van der Waals surface area contributed by atoms with Gasteiger partial charge in [0.1, 0.15) is 18.2 Å². The zero-order valence-corrected chi connectivity index (χ0v) is 16.9. The smallest absolute Gasteiger partial charge is 0.410 e. The molecule has 0 aliphatic heterocycles. The molecule has 1 aromatic rings. The highest BCUT2D eigenvalue weighted by Crippen LogP contribution is 2.14. The molecule has 0 heterocycles. The van der Waals surface area contributed by atoms with E-state index in [0.29, 0.717) is 19.4 Å². The standard InChI is InChI=1S/C20H30N2O6/c1-20(2,3)28-19(26)22(4)16(17(23)24)12-8-9-13-21-18(25)27-14-15-10-6-5-7-11-15/h5-7,10-11,16H,8-9,12-14H2,1-4H3,(H,21,25)(H,23,24)/t16-/m1/s1. The summed E-state index contributed by atoms with van der Waals surface area (Å²) in [5.41, 5.74) is 0.199. The number of carboxylic acids is 1. The number of hydrogen-bond acceptors (Lipinski definition) is 5. The Hall–Kier alpha value is -2.77. The van der Waals surface area contributed by atoms with Gasteiger partial charge in [0.05, 0.1) is 0 Å². The number of likely N-dealkylation sites (N-methyl/N-ethyl adjacent to an activating group) is 1. The van der Waals surface area contributed by atoms with E-state index < -0.39 is 29.8 Å². The monoisotopic (exact) mass is 394 g/mol. The molecule has 0 unspecified atom stereocenters. The van der Waals surface area contributed by atoms with Gasteiger partial charge in [-0.1, -0.05) is 30.3 Å². The lowest BCUT2D eigenvalue weighted by Crippen LogP contribution is -2.44. The normalized spacial score (nSPS) is 12.0. The van der Waals surface area contributed by atoms with Gasteiger partial charge in [0.2, 0.25) is 0 Å². The third kappa shape index (κ3) is 9.25. The number of carboxylic acid groups (broad SMARTS) is 1. The van der Waals surface area contributed by atoms with Crippen molar-refractivity contribution in [3.63, 3.8) is 0 Å². The van der Waals surface area contributed by atoms with E-state index in [-0.39, 0.29) is 13.0 Å². The molecule has 0 bridgehead atoms. The number of carbonyl (C=O) groups is 3. The lowest BCUT2D eigenvalue weighted by atomic mass is 10.1.